The average molecular weight is 332 g/mol. The molecule has 1 aromatic heterocycles. The van der Waals surface area contributed by atoms with Crippen molar-refractivity contribution in [3.05, 3.63) is 17.5 Å². The average Bonchev–Trinajstić information content (AvgIpc) is 2.95. The molecule has 0 saturated heterocycles. The van der Waals surface area contributed by atoms with Crippen LogP contribution in [0.1, 0.15) is 33.1 Å². The molecule has 1 aliphatic carbocycles. The van der Waals surface area contributed by atoms with Crippen LogP contribution in [0.2, 0.25) is 0 Å². The molecule has 0 amide bonds. The number of aliphatic hydroxyl groups is 1. The highest BCUT2D eigenvalue weighted by Gasteiger charge is 2.28. The van der Waals surface area contributed by atoms with E-state index in [2.05, 4.69) is 19.2 Å². The van der Waals surface area contributed by atoms with Crippen molar-refractivity contribution in [3.63, 3.8) is 0 Å². The van der Waals surface area contributed by atoms with Crippen LogP contribution < -0.4 is 5.32 Å². The van der Waals surface area contributed by atoms with Gasteiger partial charge in [-0.25, -0.2) is 8.42 Å². The molecule has 2 N–H and O–H groups in total. The van der Waals surface area contributed by atoms with Gasteiger partial charge in [-0.1, -0.05) is 32.8 Å². The molecule has 1 fully saturated rings. The Bertz CT molecular complexity index is 527. The Morgan fingerprint density at radius 1 is 1.43 bits per heavy atom. The van der Waals surface area contributed by atoms with Crippen LogP contribution in [0.3, 0.4) is 0 Å². The van der Waals surface area contributed by atoms with Crippen molar-refractivity contribution < 1.29 is 13.5 Å². The summed E-state index contributed by atoms with van der Waals surface area (Å²) in [7, 11) is -3.36. The molecule has 0 aromatic carbocycles. The number of hydrogen-bond donors (Lipinski definition) is 2. The van der Waals surface area contributed by atoms with Gasteiger partial charge in [-0.2, -0.15) is 0 Å². The minimum absolute atomic E-state index is 0.211. The molecule has 1 heterocycles. The lowest BCUT2D eigenvalue weighted by Gasteiger charge is -2.35. The van der Waals surface area contributed by atoms with Gasteiger partial charge < -0.3 is 10.4 Å². The second-order valence-electron chi connectivity index (χ2n) is 6.15. The fourth-order valence-electron chi connectivity index (χ4n) is 2.99. The van der Waals surface area contributed by atoms with Gasteiger partial charge >= 0.3 is 0 Å². The summed E-state index contributed by atoms with van der Waals surface area (Å²) in [4.78, 5) is 0. The molecule has 1 aromatic rings. The first-order valence-corrected chi connectivity index (χ1v) is 10.1. The lowest BCUT2D eigenvalue weighted by molar-refractivity contribution is 0.157. The maximum atomic E-state index is 12.1. The van der Waals surface area contributed by atoms with Crippen LogP contribution in [-0.2, 0) is 9.84 Å². The smallest absolute Gasteiger partial charge is 0.190 e. The van der Waals surface area contributed by atoms with Crippen LogP contribution in [0.5, 0.6) is 0 Å². The molecule has 0 unspecified atom stereocenters. The summed E-state index contributed by atoms with van der Waals surface area (Å²) in [5.41, 5.74) is 0. The molecular formula is C15H25NO3S2. The zero-order valence-electron chi connectivity index (χ0n) is 12.7. The molecule has 1 aliphatic rings. The van der Waals surface area contributed by atoms with Crippen molar-refractivity contribution in [1.29, 1.82) is 0 Å². The predicted octanol–water partition coefficient (Wildman–Crippen LogP) is 2.30. The van der Waals surface area contributed by atoms with Crippen molar-refractivity contribution in [1.82, 2.24) is 5.32 Å². The topological polar surface area (TPSA) is 66.4 Å². The molecule has 6 heteroatoms. The van der Waals surface area contributed by atoms with Crippen molar-refractivity contribution in [2.75, 3.05) is 12.3 Å². The Kier molecular flexibility index (Phi) is 5.82. The molecule has 0 aliphatic heterocycles. The van der Waals surface area contributed by atoms with Crippen LogP contribution in [-0.4, -0.2) is 38.0 Å². The molecule has 1 saturated carbocycles. The summed E-state index contributed by atoms with van der Waals surface area (Å²) in [6, 6.07) is 3.69. The molecule has 0 radical (unpaired) electrons. The summed E-state index contributed by atoms with van der Waals surface area (Å²) in [5.74, 6) is 1.04. The summed E-state index contributed by atoms with van der Waals surface area (Å²) < 4.78 is 24.5. The van der Waals surface area contributed by atoms with Crippen LogP contribution in [0.4, 0.5) is 0 Å². The highest BCUT2D eigenvalue weighted by Crippen LogP contribution is 2.29. The van der Waals surface area contributed by atoms with Gasteiger partial charge in [-0.05, 0) is 29.7 Å². The summed E-state index contributed by atoms with van der Waals surface area (Å²) >= 11 is 1.20. The monoisotopic (exact) mass is 331 g/mol. The maximum Gasteiger partial charge on any atom is 0.190 e. The molecule has 4 atom stereocenters. The minimum atomic E-state index is -3.36. The largest absolute Gasteiger partial charge is 0.391 e. The number of thiophene rings is 1. The van der Waals surface area contributed by atoms with Crippen LogP contribution in [0.15, 0.2) is 21.7 Å². The molecular weight excluding hydrogens is 306 g/mol. The standard InChI is InChI=1S/C15H25NO3S2/c1-11-5-3-6-14(12(11)2)16-9-13(17)10-21(18,19)15-7-4-8-20-15/h4,7-8,11-14,16-17H,3,5-6,9-10H2,1-2H3/t11-,12-,13-,14+/m1/s1. The third kappa shape index (κ3) is 4.52. The van der Waals surface area contributed by atoms with Gasteiger partial charge in [-0.3, -0.25) is 0 Å². The van der Waals surface area contributed by atoms with Gasteiger partial charge in [0.25, 0.3) is 0 Å². The zero-order chi connectivity index (χ0) is 15.5. The SMILES string of the molecule is C[C@@H]1[C@H](C)CCC[C@@H]1NC[C@@H](O)CS(=O)(=O)c1cccs1. The van der Waals surface area contributed by atoms with Crippen LogP contribution in [0, 0.1) is 11.8 Å². The third-order valence-electron chi connectivity index (χ3n) is 4.54. The molecule has 4 nitrogen and oxygen atoms in total. The molecule has 21 heavy (non-hydrogen) atoms. The normalized spacial score (nSPS) is 28.4. The first-order chi connectivity index (χ1) is 9.90. The van der Waals surface area contributed by atoms with E-state index in [1.54, 1.807) is 17.5 Å². The molecule has 0 spiro atoms. The number of aliphatic hydroxyl groups excluding tert-OH is 1. The Labute approximate surface area is 131 Å². The second-order valence-corrected chi connectivity index (χ2v) is 9.36. The number of nitrogens with one attached hydrogen (secondary N) is 1. The maximum absolute atomic E-state index is 12.1. The van der Waals surface area contributed by atoms with Gasteiger partial charge in [-0.15, -0.1) is 11.3 Å². The van der Waals surface area contributed by atoms with Gasteiger partial charge in [0.1, 0.15) is 4.21 Å². The van der Waals surface area contributed by atoms with Crippen LogP contribution >= 0.6 is 11.3 Å². The van der Waals surface area contributed by atoms with E-state index in [0.717, 1.165) is 6.42 Å². The van der Waals surface area contributed by atoms with E-state index in [-0.39, 0.29) is 5.75 Å². The Balaban J connectivity index is 1.84. The minimum Gasteiger partial charge on any atom is -0.391 e. The Hall–Kier alpha value is -0.430. The lowest BCUT2D eigenvalue weighted by atomic mass is 9.78. The van der Waals surface area contributed by atoms with Gasteiger partial charge in [0.15, 0.2) is 9.84 Å². The highest BCUT2D eigenvalue weighted by molar-refractivity contribution is 7.93. The van der Waals surface area contributed by atoms with Gasteiger partial charge in [0, 0.05) is 12.6 Å². The Morgan fingerprint density at radius 3 is 2.86 bits per heavy atom. The summed E-state index contributed by atoms with van der Waals surface area (Å²) in [5, 5.41) is 15.1. The first-order valence-electron chi connectivity index (χ1n) is 7.58. The molecule has 120 valence electrons. The van der Waals surface area contributed by atoms with E-state index in [4.69, 9.17) is 0 Å². The van der Waals surface area contributed by atoms with E-state index in [9.17, 15) is 13.5 Å². The number of rotatable bonds is 6. The lowest BCUT2D eigenvalue weighted by Crippen LogP contribution is -2.44. The summed E-state index contributed by atoms with van der Waals surface area (Å²) in [6.45, 7) is 4.83. The fraction of sp³-hybridized carbons (Fsp3) is 0.733. The first kappa shape index (κ1) is 16.9. The quantitative estimate of drug-likeness (QED) is 0.839. The predicted molar refractivity (Wildman–Crippen MR) is 86.3 cm³/mol. The zero-order valence-corrected chi connectivity index (χ0v) is 14.3. The number of sulfone groups is 1. The molecule has 0 bridgehead atoms. The van der Waals surface area contributed by atoms with E-state index in [0.29, 0.717) is 28.6 Å². The van der Waals surface area contributed by atoms with E-state index in [1.165, 1.54) is 24.2 Å². The van der Waals surface area contributed by atoms with E-state index in [1.807, 2.05) is 0 Å². The summed E-state index contributed by atoms with van der Waals surface area (Å²) in [6.07, 6.45) is 2.71. The molecule has 2 rings (SSSR count). The van der Waals surface area contributed by atoms with Crippen molar-refractivity contribution >= 4 is 21.2 Å². The Morgan fingerprint density at radius 2 is 2.19 bits per heavy atom. The van der Waals surface area contributed by atoms with E-state index < -0.39 is 15.9 Å². The number of hydrogen-bond acceptors (Lipinski definition) is 5. The van der Waals surface area contributed by atoms with Crippen molar-refractivity contribution in [2.45, 2.75) is 49.5 Å². The van der Waals surface area contributed by atoms with Crippen molar-refractivity contribution in [2.24, 2.45) is 11.8 Å². The van der Waals surface area contributed by atoms with Crippen LogP contribution in [0.25, 0.3) is 0 Å². The van der Waals surface area contributed by atoms with E-state index >= 15 is 0 Å². The van der Waals surface area contributed by atoms with Gasteiger partial charge in [0.05, 0.1) is 11.9 Å². The highest BCUT2D eigenvalue weighted by atomic mass is 32.2. The van der Waals surface area contributed by atoms with Gasteiger partial charge in [0.2, 0.25) is 0 Å². The second kappa shape index (κ2) is 7.22. The fourth-order valence-corrected chi connectivity index (χ4v) is 5.47. The third-order valence-corrected chi connectivity index (χ3v) is 7.82. The van der Waals surface area contributed by atoms with Crippen molar-refractivity contribution in [3.8, 4) is 0 Å².